The predicted molar refractivity (Wildman–Crippen MR) is 116 cm³/mol. The fraction of sp³-hybridized carbons (Fsp3) is 0.800. The first-order valence-corrected chi connectivity index (χ1v) is 14.3. The minimum atomic E-state index is -1.14. The van der Waals surface area contributed by atoms with Crippen LogP contribution in [0.25, 0.3) is 0 Å². The number of aromatic nitrogens is 2. The second-order valence-electron chi connectivity index (χ2n) is 10.2. The third kappa shape index (κ3) is 4.41. The third-order valence-corrected chi connectivity index (χ3v) is 8.92. The molecule has 4 rings (SSSR count). The number of anilines is 1. The summed E-state index contributed by atoms with van der Waals surface area (Å²) in [6.45, 7) is 14.7. The molecule has 1 heterocycles. The Labute approximate surface area is 173 Å². The van der Waals surface area contributed by atoms with E-state index in [0.717, 1.165) is 12.5 Å². The molecule has 158 valence electrons. The normalized spacial score (nSPS) is 28.5. The van der Waals surface area contributed by atoms with Gasteiger partial charge in [-0.2, -0.15) is 0 Å². The molecule has 0 radical (unpaired) electrons. The molecule has 1 aromatic heterocycles. The van der Waals surface area contributed by atoms with E-state index in [1.807, 2.05) is 0 Å². The van der Waals surface area contributed by atoms with Crippen LogP contribution in [0.1, 0.15) is 33.6 Å². The highest BCUT2D eigenvalue weighted by atomic mass is 35.5. The monoisotopic (exact) mass is 427 g/mol. The first-order valence-electron chi connectivity index (χ1n) is 10.3. The molecule has 4 atom stereocenters. The highest BCUT2D eigenvalue weighted by Crippen LogP contribution is 2.61. The van der Waals surface area contributed by atoms with E-state index in [2.05, 4.69) is 55.9 Å². The summed E-state index contributed by atoms with van der Waals surface area (Å²) in [5, 5.41) is 10.0. The lowest BCUT2D eigenvalue weighted by atomic mass is 9.45. The Morgan fingerprint density at radius 1 is 1.32 bits per heavy atom. The molecule has 2 N–H and O–H groups in total. The van der Waals surface area contributed by atoms with E-state index in [1.165, 1.54) is 6.42 Å². The molecule has 3 aliphatic rings. The van der Waals surface area contributed by atoms with Gasteiger partial charge in [-0.3, -0.25) is 4.79 Å². The lowest BCUT2D eigenvalue weighted by Crippen LogP contribution is -2.58. The van der Waals surface area contributed by atoms with Gasteiger partial charge in [0.2, 0.25) is 0 Å². The molecule has 1 aromatic rings. The van der Waals surface area contributed by atoms with Gasteiger partial charge in [0.1, 0.15) is 10.7 Å². The van der Waals surface area contributed by atoms with Crippen molar-refractivity contribution >= 4 is 25.4 Å². The van der Waals surface area contributed by atoms with E-state index >= 15 is 0 Å². The molecule has 0 spiro atoms. The predicted octanol–water partition coefficient (Wildman–Crippen LogP) is 4.60. The van der Waals surface area contributed by atoms with Crippen molar-refractivity contribution in [2.75, 3.05) is 18.7 Å². The first-order chi connectivity index (χ1) is 13.0. The van der Waals surface area contributed by atoms with Crippen molar-refractivity contribution in [1.29, 1.82) is 0 Å². The highest BCUT2D eigenvalue weighted by molar-refractivity contribution is 6.76. The zero-order valence-corrected chi connectivity index (χ0v) is 19.7. The van der Waals surface area contributed by atoms with Crippen LogP contribution in [0, 0.1) is 23.2 Å². The number of fused-ring (bicyclic) bond motifs is 2. The number of hydrogen-bond acceptors (Lipinski definition) is 5. The van der Waals surface area contributed by atoms with Gasteiger partial charge in [-0.05, 0) is 42.1 Å². The Balaban J connectivity index is 1.65. The van der Waals surface area contributed by atoms with Crippen LogP contribution in [-0.2, 0) is 4.74 Å². The summed E-state index contributed by atoms with van der Waals surface area (Å²) >= 11 is 6.31. The van der Waals surface area contributed by atoms with Crippen molar-refractivity contribution in [1.82, 2.24) is 10.2 Å². The number of nitrogens with one attached hydrogen (secondary N) is 2. The lowest BCUT2D eigenvalue weighted by molar-refractivity contribution is -0.105. The van der Waals surface area contributed by atoms with E-state index < -0.39 is 13.6 Å². The van der Waals surface area contributed by atoms with E-state index in [0.29, 0.717) is 41.3 Å². The fourth-order valence-corrected chi connectivity index (χ4v) is 5.64. The van der Waals surface area contributed by atoms with E-state index in [4.69, 9.17) is 21.1 Å². The summed E-state index contributed by atoms with van der Waals surface area (Å²) in [7, 11) is -1.14. The quantitative estimate of drug-likeness (QED) is 0.360. The Morgan fingerprint density at radius 2 is 2.04 bits per heavy atom. The molecule has 0 saturated heterocycles. The molecular formula is C20H34ClN3O3Si. The summed E-state index contributed by atoms with van der Waals surface area (Å²) in [6.07, 6.45) is 2.36. The van der Waals surface area contributed by atoms with Crippen molar-refractivity contribution < 1.29 is 9.47 Å². The highest BCUT2D eigenvalue weighted by Gasteiger charge is 2.56. The molecule has 28 heavy (non-hydrogen) atoms. The SMILES string of the molecule is C[C@H]1[C@H]2C[C@H](C[C@H]1Nc1c(OCOCC[Si](C)(C)C)n[nH]c(=O)c1Cl)C2(C)C. The summed E-state index contributed by atoms with van der Waals surface area (Å²) < 4.78 is 11.3. The molecule has 0 aliphatic heterocycles. The average Bonchev–Trinajstić information content (AvgIpc) is 2.60. The van der Waals surface area contributed by atoms with Crippen molar-refractivity contribution in [3.63, 3.8) is 0 Å². The zero-order chi connectivity index (χ0) is 20.7. The maximum Gasteiger partial charge on any atom is 0.285 e. The van der Waals surface area contributed by atoms with E-state index in [-0.39, 0.29) is 17.9 Å². The standard InChI is InChI=1S/C20H34ClN3O3Si/c1-12-14-9-13(20(14,2)3)10-15(12)22-17-16(21)18(25)23-24-19(17)27-11-26-7-8-28(4,5)6/h12-15H,7-11H2,1-6H3,(H2,22,23,25)/t12-,13+,14+,15+/m0/s1. The second-order valence-corrected chi connectivity index (χ2v) is 16.2. The molecule has 2 bridgehead atoms. The van der Waals surface area contributed by atoms with Gasteiger partial charge in [-0.1, -0.05) is 52.0 Å². The van der Waals surface area contributed by atoms with Crippen molar-refractivity contribution in [3.8, 4) is 5.88 Å². The summed E-state index contributed by atoms with van der Waals surface area (Å²) in [6, 6.07) is 1.33. The van der Waals surface area contributed by atoms with Crippen molar-refractivity contribution in [3.05, 3.63) is 15.4 Å². The van der Waals surface area contributed by atoms with Crippen LogP contribution in [0.3, 0.4) is 0 Å². The number of nitrogens with zero attached hydrogens (tertiary/aromatic N) is 1. The Bertz CT molecular complexity index is 762. The van der Waals surface area contributed by atoms with E-state index in [9.17, 15) is 4.79 Å². The summed E-state index contributed by atoms with van der Waals surface area (Å²) in [4.78, 5) is 12.0. The number of aromatic amines is 1. The van der Waals surface area contributed by atoms with Crippen molar-refractivity contribution in [2.24, 2.45) is 23.2 Å². The molecule has 3 fully saturated rings. The Hall–Kier alpha value is -1.05. The van der Waals surface area contributed by atoms with Crippen molar-refractivity contribution in [2.45, 2.75) is 65.3 Å². The topological polar surface area (TPSA) is 76.2 Å². The van der Waals surface area contributed by atoms with Crippen LogP contribution in [0.15, 0.2) is 4.79 Å². The Kier molecular flexibility index (Phi) is 6.18. The molecule has 3 saturated carbocycles. The lowest BCUT2D eigenvalue weighted by Gasteiger charge is -2.62. The minimum absolute atomic E-state index is 0.0903. The number of hydrogen-bond donors (Lipinski definition) is 2. The summed E-state index contributed by atoms with van der Waals surface area (Å²) in [5.41, 5.74) is 0.470. The fourth-order valence-electron chi connectivity index (χ4n) is 4.70. The van der Waals surface area contributed by atoms with Crippen LogP contribution in [0.2, 0.25) is 30.7 Å². The summed E-state index contributed by atoms with van der Waals surface area (Å²) in [5.74, 6) is 2.18. The average molecular weight is 428 g/mol. The van der Waals surface area contributed by atoms with Gasteiger partial charge >= 0.3 is 0 Å². The maximum atomic E-state index is 12.0. The second kappa shape index (κ2) is 7.99. The van der Waals surface area contributed by atoms with Gasteiger partial charge in [0, 0.05) is 20.7 Å². The first kappa shape index (κ1) is 21.7. The molecule has 0 aromatic carbocycles. The smallest absolute Gasteiger partial charge is 0.285 e. The molecule has 0 unspecified atom stereocenters. The molecular weight excluding hydrogens is 394 g/mol. The van der Waals surface area contributed by atoms with E-state index in [1.54, 1.807) is 0 Å². The van der Waals surface area contributed by atoms with Gasteiger partial charge in [-0.25, -0.2) is 5.10 Å². The van der Waals surface area contributed by atoms with Crippen LogP contribution in [-0.4, -0.2) is 37.7 Å². The zero-order valence-electron chi connectivity index (χ0n) is 17.9. The number of rotatable bonds is 8. The molecule has 8 heteroatoms. The number of halogens is 1. The number of H-pyrrole nitrogens is 1. The molecule has 6 nitrogen and oxygen atoms in total. The van der Waals surface area contributed by atoms with Crippen LogP contribution >= 0.6 is 11.6 Å². The largest absolute Gasteiger partial charge is 0.448 e. The van der Waals surface area contributed by atoms with Crippen LogP contribution < -0.4 is 15.6 Å². The number of ether oxygens (including phenoxy) is 2. The third-order valence-electron chi connectivity index (χ3n) is 6.85. The molecule has 0 amide bonds. The molecule has 3 aliphatic carbocycles. The van der Waals surface area contributed by atoms with Gasteiger partial charge in [-0.15, -0.1) is 5.10 Å². The van der Waals surface area contributed by atoms with Gasteiger partial charge in [0.15, 0.2) is 6.79 Å². The van der Waals surface area contributed by atoms with Gasteiger partial charge in [0.25, 0.3) is 11.4 Å². The minimum Gasteiger partial charge on any atom is -0.448 e. The Morgan fingerprint density at radius 3 is 2.64 bits per heavy atom. The van der Waals surface area contributed by atoms with Crippen LogP contribution in [0.4, 0.5) is 5.69 Å². The maximum absolute atomic E-state index is 12.0. The van der Waals surface area contributed by atoms with Gasteiger partial charge in [0.05, 0.1) is 0 Å². The van der Waals surface area contributed by atoms with Gasteiger partial charge < -0.3 is 14.8 Å². The van der Waals surface area contributed by atoms with Crippen LogP contribution in [0.5, 0.6) is 5.88 Å².